The maximum atomic E-state index is 13.0. The highest BCUT2D eigenvalue weighted by molar-refractivity contribution is 7.88. The highest BCUT2D eigenvalue weighted by atomic mass is 35.5. The van der Waals surface area contributed by atoms with E-state index in [1.165, 1.54) is 0 Å². The number of fused-ring (bicyclic) bond motifs is 12. The molecular formula is C36H29Cl2N5O4S. The average molecular weight is 699 g/mol. The largest absolute Gasteiger partial charge is 0.475 e. The topological polar surface area (TPSA) is 99.2 Å². The Morgan fingerprint density at radius 1 is 0.854 bits per heavy atom. The molecule has 4 heterocycles. The van der Waals surface area contributed by atoms with Gasteiger partial charge in [-0.15, -0.1) is 0 Å². The zero-order chi connectivity index (χ0) is 32.9. The molecule has 12 heteroatoms. The molecule has 0 amide bonds. The Morgan fingerprint density at radius 2 is 1.60 bits per heavy atom. The van der Waals surface area contributed by atoms with E-state index in [1.54, 1.807) is 4.57 Å². The van der Waals surface area contributed by atoms with Crippen molar-refractivity contribution in [3.8, 4) is 5.75 Å². The number of nitrogens with one attached hydrogen (secondary N) is 1. The fourth-order valence-electron chi connectivity index (χ4n) is 7.29. The van der Waals surface area contributed by atoms with E-state index in [2.05, 4.69) is 34.4 Å². The molecule has 0 spiro atoms. The summed E-state index contributed by atoms with van der Waals surface area (Å²) in [6.07, 6.45) is 3.02. The molecule has 3 aromatic carbocycles. The molecule has 0 fully saturated rings. The number of halogens is 2. The molecule has 0 bridgehead atoms. The van der Waals surface area contributed by atoms with Crippen LogP contribution in [-0.2, 0) is 27.2 Å². The van der Waals surface area contributed by atoms with Crippen LogP contribution in [0.4, 0.5) is 5.69 Å². The van der Waals surface area contributed by atoms with E-state index in [-0.39, 0.29) is 10.9 Å². The Morgan fingerprint density at radius 3 is 2.38 bits per heavy atom. The van der Waals surface area contributed by atoms with Crippen molar-refractivity contribution in [1.82, 2.24) is 13.9 Å². The van der Waals surface area contributed by atoms with Gasteiger partial charge < -0.3 is 18.6 Å². The lowest BCUT2D eigenvalue weighted by Gasteiger charge is -2.35. The van der Waals surface area contributed by atoms with E-state index in [4.69, 9.17) is 42.7 Å². The lowest BCUT2D eigenvalue weighted by atomic mass is 9.93. The fraction of sp³-hybridized carbons (Fsp3) is 0.222. The lowest BCUT2D eigenvalue weighted by molar-refractivity contribution is 0.169. The number of aromatic nitrogens is 2. The van der Waals surface area contributed by atoms with Crippen LogP contribution in [0.1, 0.15) is 37.6 Å². The third kappa shape index (κ3) is 4.22. The van der Waals surface area contributed by atoms with Crippen molar-refractivity contribution in [2.75, 3.05) is 6.54 Å². The molecule has 48 heavy (non-hydrogen) atoms. The quantitative estimate of drug-likeness (QED) is 0.194. The molecular weight excluding hydrogens is 669 g/mol. The summed E-state index contributed by atoms with van der Waals surface area (Å²) in [5.41, 5.74) is 6.62. The van der Waals surface area contributed by atoms with Gasteiger partial charge in [0.2, 0.25) is 10.0 Å². The minimum atomic E-state index is -3.60. The van der Waals surface area contributed by atoms with Crippen molar-refractivity contribution in [2.24, 2.45) is 9.98 Å². The van der Waals surface area contributed by atoms with E-state index in [0.29, 0.717) is 52.3 Å². The molecule has 2 atom stereocenters. The van der Waals surface area contributed by atoms with Gasteiger partial charge in [-0.1, -0.05) is 66.5 Å². The highest BCUT2D eigenvalue weighted by Gasteiger charge is 2.44. The second-order valence-corrected chi connectivity index (χ2v) is 14.7. The van der Waals surface area contributed by atoms with Gasteiger partial charge in [0.1, 0.15) is 28.0 Å². The number of nitrogens with zero attached hydrogens (tertiary/aromatic N) is 4. The molecule has 5 aromatic rings. The smallest absolute Gasteiger partial charge is 0.230 e. The number of sulfonamides is 1. The van der Waals surface area contributed by atoms with Crippen molar-refractivity contribution in [3.05, 3.63) is 99.5 Å². The SMILES string of the molecule is CCCNS(=O)(=O)Cn1c2c(c3ccccc31)C1OC3=C(Cl)C4=Nc5ccc6c(c5OC4C(Cl)=C3N=C1C=C2)c1ccccc1n6CC. The number of aliphatic imine (C=N–C) groups is 2. The van der Waals surface area contributed by atoms with Gasteiger partial charge >= 0.3 is 0 Å². The Kier molecular flexibility index (Phi) is 6.72. The zero-order valence-electron chi connectivity index (χ0n) is 26.0. The summed E-state index contributed by atoms with van der Waals surface area (Å²) in [4.78, 5) is 10.00. The van der Waals surface area contributed by atoms with Crippen LogP contribution in [0.5, 0.6) is 5.75 Å². The normalized spacial score (nSPS) is 19.8. The van der Waals surface area contributed by atoms with Gasteiger partial charge in [-0.3, -0.25) is 0 Å². The molecule has 0 radical (unpaired) electrons. The first kappa shape index (κ1) is 29.8. The molecule has 2 unspecified atom stereocenters. The Hall–Kier alpha value is -4.35. The summed E-state index contributed by atoms with van der Waals surface area (Å²) < 4.78 is 46.2. The van der Waals surface area contributed by atoms with Crippen molar-refractivity contribution < 1.29 is 17.9 Å². The van der Waals surface area contributed by atoms with Gasteiger partial charge in [-0.05, 0) is 49.8 Å². The molecule has 0 saturated heterocycles. The van der Waals surface area contributed by atoms with E-state index in [9.17, 15) is 8.42 Å². The number of hydrogen-bond donors (Lipinski definition) is 1. The van der Waals surface area contributed by atoms with E-state index < -0.39 is 22.2 Å². The van der Waals surface area contributed by atoms with Crippen molar-refractivity contribution in [3.63, 3.8) is 0 Å². The average Bonchev–Trinajstić information content (AvgIpc) is 3.60. The van der Waals surface area contributed by atoms with Gasteiger partial charge in [0.25, 0.3) is 0 Å². The van der Waals surface area contributed by atoms with Crippen LogP contribution in [-0.4, -0.2) is 41.6 Å². The fourth-order valence-corrected chi connectivity index (χ4v) is 9.06. The third-order valence-electron chi connectivity index (χ3n) is 9.35. The van der Waals surface area contributed by atoms with E-state index in [0.717, 1.165) is 50.5 Å². The van der Waals surface area contributed by atoms with Crippen molar-refractivity contribution >= 4 is 89.1 Å². The van der Waals surface area contributed by atoms with Crippen LogP contribution < -0.4 is 9.46 Å². The molecule has 9 rings (SSSR count). The Labute approximate surface area is 286 Å². The van der Waals surface area contributed by atoms with Crippen LogP contribution in [0.2, 0.25) is 0 Å². The first-order valence-corrected chi connectivity index (χ1v) is 18.3. The molecule has 0 saturated carbocycles. The standard InChI is InChI=1S/C36H29Cl2N5O4S/c1-3-17-39-48(44,45)18-43-24-12-8-6-10-20(24)28-26(43)16-14-22-34(28)47-36-30(38)31-35(29(37)32(36)41-22)46-33-21(40-31)13-15-25-27(33)19-9-5-7-11-23(19)42(25)4-2/h5-16,34-35,39H,3-4,17-18H2,1-2H3. The van der Waals surface area contributed by atoms with Crippen LogP contribution in [0.15, 0.2) is 98.2 Å². The van der Waals surface area contributed by atoms with Crippen molar-refractivity contribution in [1.29, 1.82) is 0 Å². The van der Waals surface area contributed by atoms with Crippen LogP contribution in [0.3, 0.4) is 0 Å². The van der Waals surface area contributed by atoms with E-state index >= 15 is 0 Å². The number of aryl methyl sites for hydroxylation is 1. The minimum absolute atomic E-state index is 0.230. The van der Waals surface area contributed by atoms with Gasteiger partial charge in [-0.25, -0.2) is 23.1 Å². The monoisotopic (exact) mass is 697 g/mol. The van der Waals surface area contributed by atoms with Crippen LogP contribution in [0, 0.1) is 0 Å². The summed E-state index contributed by atoms with van der Waals surface area (Å²) in [6, 6.07) is 20.0. The van der Waals surface area contributed by atoms with Gasteiger partial charge in [0, 0.05) is 40.5 Å². The first-order valence-electron chi connectivity index (χ1n) is 15.9. The third-order valence-corrected chi connectivity index (χ3v) is 11.3. The Balaban J connectivity index is 1.18. The maximum absolute atomic E-state index is 13.0. The summed E-state index contributed by atoms with van der Waals surface area (Å²) >= 11 is 14.2. The predicted molar refractivity (Wildman–Crippen MR) is 192 cm³/mol. The predicted octanol–water partition coefficient (Wildman–Crippen LogP) is 8.04. The van der Waals surface area contributed by atoms with Gasteiger partial charge in [-0.2, -0.15) is 0 Å². The summed E-state index contributed by atoms with van der Waals surface area (Å²) in [7, 11) is -3.60. The number of para-hydroxylation sites is 2. The Bertz CT molecular complexity index is 2520. The maximum Gasteiger partial charge on any atom is 0.230 e. The minimum Gasteiger partial charge on any atom is -0.475 e. The number of ether oxygens (including phenoxy) is 2. The molecule has 242 valence electrons. The van der Waals surface area contributed by atoms with E-state index in [1.807, 2.05) is 61.5 Å². The summed E-state index contributed by atoms with van der Waals surface area (Å²) in [6.45, 7) is 5.23. The molecule has 2 aliphatic carbocycles. The molecule has 4 aliphatic rings. The van der Waals surface area contributed by atoms with Gasteiger partial charge in [0.15, 0.2) is 23.7 Å². The molecule has 1 N–H and O–H groups in total. The number of hydrogen-bond acceptors (Lipinski definition) is 6. The second-order valence-electron chi connectivity index (χ2n) is 12.2. The molecule has 9 nitrogen and oxygen atoms in total. The molecule has 2 aliphatic heterocycles. The highest BCUT2D eigenvalue weighted by Crippen LogP contribution is 2.51. The summed E-state index contributed by atoms with van der Waals surface area (Å²) in [5, 5.41) is 3.52. The second kappa shape index (κ2) is 10.8. The van der Waals surface area contributed by atoms with Crippen LogP contribution >= 0.6 is 23.2 Å². The zero-order valence-corrected chi connectivity index (χ0v) is 28.3. The van der Waals surface area contributed by atoms with Crippen molar-refractivity contribution in [2.45, 2.75) is 44.9 Å². The van der Waals surface area contributed by atoms with Gasteiger partial charge in [0.05, 0.1) is 27.3 Å². The summed E-state index contributed by atoms with van der Waals surface area (Å²) in [5.74, 6) is 0.736. The number of rotatable bonds is 6. The van der Waals surface area contributed by atoms with Crippen LogP contribution in [0.25, 0.3) is 38.8 Å². The lowest BCUT2D eigenvalue weighted by Crippen LogP contribution is -2.37. The molecule has 2 aromatic heterocycles. The first-order chi connectivity index (χ1) is 23.3. The number of benzene rings is 3.